The maximum Gasteiger partial charge on any atom is 0.220 e. The SMILES string of the molecule is CC/C=C\CCCSSCC(CC(C)C)NC(=O)CCC/C=C\CC. The van der Waals surface area contributed by atoms with Crippen molar-refractivity contribution in [1.29, 1.82) is 0 Å². The topological polar surface area (TPSA) is 29.1 Å². The predicted molar refractivity (Wildman–Crippen MR) is 118 cm³/mol. The van der Waals surface area contributed by atoms with Crippen molar-refractivity contribution in [2.24, 2.45) is 5.92 Å². The number of unbranched alkanes of at least 4 members (excludes halogenated alkanes) is 2. The zero-order valence-corrected chi connectivity index (χ0v) is 18.4. The number of allylic oxidation sites excluding steroid dienone is 4. The lowest BCUT2D eigenvalue weighted by Crippen LogP contribution is -2.37. The van der Waals surface area contributed by atoms with Crippen molar-refractivity contribution in [2.45, 2.75) is 85.1 Å². The van der Waals surface area contributed by atoms with Crippen molar-refractivity contribution in [2.75, 3.05) is 11.5 Å². The third-order valence-corrected chi connectivity index (χ3v) is 6.22. The molecule has 1 atom stereocenters. The van der Waals surface area contributed by atoms with Gasteiger partial charge in [0, 0.05) is 24.0 Å². The molecule has 146 valence electrons. The first-order chi connectivity index (χ1) is 12.1. The zero-order valence-electron chi connectivity index (χ0n) is 16.8. The van der Waals surface area contributed by atoms with Gasteiger partial charge in [0.05, 0.1) is 0 Å². The Morgan fingerprint density at radius 2 is 1.60 bits per heavy atom. The molecule has 0 aromatic rings. The van der Waals surface area contributed by atoms with Crippen molar-refractivity contribution in [3.8, 4) is 0 Å². The standard InChI is InChI=1S/C21H39NOS2/c1-5-7-9-11-13-15-21(23)22-20(17-19(3)4)18-25-24-16-14-12-10-8-6-2/h7-10,19-20H,5-6,11-18H2,1-4H3,(H,22,23)/b9-7-,10-8-. The summed E-state index contributed by atoms with van der Waals surface area (Å²) in [5.41, 5.74) is 0. The van der Waals surface area contributed by atoms with Crippen molar-refractivity contribution in [3.63, 3.8) is 0 Å². The molecule has 4 heteroatoms. The summed E-state index contributed by atoms with van der Waals surface area (Å²) in [6.07, 6.45) is 17.2. The maximum atomic E-state index is 12.1. The first-order valence-electron chi connectivity index (χ1n) is 9.93. The molecule has 0 aromatic heterocycles. The van der Waals surface area contributed by atoms with Gasteiger partial charge >= 0.3 is 0 Å². The van der Waals surface area contributed by atoms with Crippen LogP contribution in [0.25, 0.3) is 0 Å². The lowest BCUT2D eigenvalue weighted by atomic mass is 10.0. The average Bonchev–Trinajstić information content (AvgIpc) is 2.56. The van der Waals surface area contributed by atoms with Gasteiger partial charge in [-0.05, 0) is 50.9 Å². The molecule has 25 heavy (non-hydrogen) atoms. The quantitative estimate of drug-likeness (QED) is 0.180. The predicted octanol–water partition coefficient (Wildman–Crippen LogP) is 6.78. The van der Waals surface area contributed by atoms with Crippen LogP contribution in [-0.2, 0) is 4.79 Å². The van der Waals surface area contributed by atoms with Crippen LogP contribution >= 0.6 is 21.6 Å². The molecule has 2 nitrogen and oxygen atoms in total. The van der Waals surface area contributed by atoms with E-state index < -0.39 is 0 Å². The number of rotatable bonds is 16. The van der Waals surface area contributed by atoms with Gasteiger partial charge in [-0.1, -0.05) is 73.6 Å². The van der Waals surface area contributed by atoms with Gasteiger partial charge in [-0.3, -0.25) is 4.79 Å². The third kappa shape index (κ3) is 18.2. The van der Waals surface area contributed by atoms with Crippen LogP contribution in [0.15, 0.2) is 24.3 Å². The molecule has 0 radical (unpaired) electrons. The third-order valence-electron chi connectivity index (χ3n) is 3.65. The Kier molecular flexibility index (Phi) is 18.2. The normalized spacial score (nSPS) is 13.2. The van der Waals surface area contributed by atoms with Crippen molar-refractivity contribution < 1.29 is 4.79 Å². The molecule has 0 aliphatic rings. The van der Waals surface area contributed by atoms with E-state index in [0.29, 0.717) is 18.4 Å². The van der Waals surface area contributed by atoms with Gasteiger partial charge in [-0.25, -0.2) is 0 Å². The molecule has 1 unspecified atom stereocenters. The van der Waals surface area contributed by atoms with E-state index in [4.69, 9.17) is 0 Å². The first kappa shape index (κ1) is 24.7. The van der Waals surface area contributed by atoms with Gasteiger partial charge < -0.3 is 5.32 Å². The molecule has 0 saturated heterocycles. The zero-order chi connectivity index (χ0) is 18.8. The van der Waals surface area contributed by atoms with E-state index in [1.54, 1.807) is 0 Å². The summed E-state index contributed by atoms with van der Waals surface area (Å²) < 4.78 is 0. The molecule has 0 aliphatic heterocycles. The molecule has 0 saturated carbocycles. The van der Waals surface area contributed by atoms with Crippen molar-refractivity contribution in [1.82, 2.24) is 5.32 Å². The Balaban J connectivity index is 3.92. The summed E-state index contributed by atoms with van der Waals surface area (Å²) >= 11 is 0. The molecular formula is C21H39NOS2. The molecule has 0 aromatic carbocycles. The first-order valence-corrected chi connectivity index (χ1v) is 12.4. The van der Waals surface area contributed by atoms with Crippen LogP contribution < -0.4 is 5.32 Å². The molecule has 1 N–H and O–H groups in total. The van der Waals surface area contributed by atoms with E-state index in [0.717, 1.165) is 37.9 Å². The summed E-state index contributed by atoms with van der Waals surface area (Å²) in [6.45, 7) is 8.77. The van der Waals surface area contributed by atoms with Crippen molar-refractivity contribution in [3.05, 3.63) is 24.3 Å². The van der Waals surface area contributed by atoms with Crippen LogP contribution in [-0.4, -0.2) is 23.5 Å². The molecule has 1 amide bonds. The van der Waals surface area contributed by atoms with E-state index in [1.807, 2.05) is 21.6 Å². The Bertz CT molecular complexity index is 367. The largest absolute Gasteiger partial charge is 0.353 e. The van der Waals surface area contributed by atoms with Gasteiger partial charge in [-0.15, -0.1) is 0 Å². The molecule has 0 rings (SSSR count). The molecule has 0 bridgehead atoms. The van der Waals surface area contributed by atoms with Gasteiger partial charge in [0.25, 0.3) is 0 Å². The number of amides is 1. The highest BCUT2D eigenvalue weighted by atomic mass is 33.1. The van der Waals surface area contributed by atoms with E-state index in [2.05, 4.69) is 57.3 Å². The molecule has 0 fully saturated rings. The van der Waals surface area contributed by atoms with E-state index in [9.17, 15) is 4.79 Å². The fourth-order valence-corrected chi connectivity index (χ4v) is 4.81. The Hall–Kier alpha value is -0.350. The smallest absolute Gasteiger partial charge is 0.220 e. The second-order valence-electron chi connectivity index (χ2n) is 6.79. The highest BCUT2D eigenvalue weighted by molar-refractivity contribution is 8.76. The van der Waals surface area contributed by atoms with Gasteiger partial charge in [0.2, 0.25) is 5.91 Å². The Labute approximate surface area is 164 Å². The minimum Gasteiger partial charge on any atom is -0.353 e. The van der Waals surface area contributed by atoms with Crippen LogP contribution in [0.4, 0.5) is 0 Å². The van der Waals surface area contributed by atoms with E-state index >= 15 is 0 Å². The van der Waals surface area contributed by atoms with Crippen LogP contribution in [0.1, 0.15) is 79.1 Å². The Morgan fingerprint density at radius 3 is 2.20 bits per heavy atom. The lowest BCUT2D eigenvalue weighted by Gasteiger charge is -2.20. The number of carbonyl (C=O) groups excluding carboxylic acids is 1. The number of hydrogen-bond acceptors (Lipinski definition) is 3. The number of carbonyl (C=O) groups is 1. The van der Waals surface area contributed by atoms with Crippen LogP contribution in [0.2, 0.25) is 0 Å². The number of nitrogens with one attached hydrogen (secondary N) is 1. The van der Waals surface area contributed by atoms with Gasteiger partial charge in [0.1, 0.15) is 0 Å². The summed E-state index contributed by atoms with van der Waals surface area (Å²) in [4.78, 5) is 12.1. The van der Waals surface area contributed by atoms with Crippen molar-refractivity contribution >= 4 is 27.5 Å². The summed E-state index contributed by atoms with van der Waals surface area (Å²) in [6, 6.07) is 0.302. The summed E-state index contributed by atoms with van der Waals surface area (Å²) in [5, 5.41) is 3.25. The minimum absolute atomic E-state index is 0.214. The summed E-state index contributed by atoms with van der Waals surface area (Å²) in [5.74, 6) is 3.02. The molecule has 0 aliphatic carbocycles. The van der Waals surface area contributed by atoms with Gasteiger partial charge in [-0.2, -0.15) is 0 Å². The fraction of sp³-hybridized carbons (Fsp3) is 0.762. The Morgan fingerprint density at radius 1 is 0.960 bits per heavy atom. The second kappa shape index (κ2) is 18.4. The van der Waals surface area contributed by atoms with Crippen LogP contribution in [0.3, 0.4) is 0 Å². The second-order valence-corrected chi connectivity index (χ2v) is 9.42. The fourth-order valence-electron chi connectivity index (χ4n) is 2.44. The summed E-state index contributed by atoms with van der Waals surface area (Å²) in [7, 11) is 3.85. The van der Waals surface area contributed by atoms with E-state index in [-0.39, 0.29) is 5.91 Å². The highest BCUT2D eigenvalue weighted by Crippen LogP contribution is 2.25. The monoisotopic (exact) mass is 385 g/mol. The highest BCUT2D eigenvalue weighted by Gasteiger charge is 2.14. The van der Waals surface area contributed by atoms with Crippen LogP contribution in [0.5, 0.6) is 0 Å². The molecule has 0 spiro atoms. The average molecular weight is 386 g/mol. The molecule has 0 heterocycles. The molecular weight excluding hydrogens is 346 g/mol. The lowest BCUT2D eigenvalue weighted by molar-refractivity contribution is -0.121. The van der Waals surface area contributed by atoms with Crippen LogP contribution in [0, 0.1) is 5.92 Å². The minimum atomic E-state index is 0.214. The van der Waals surface area contributed by atoms with E-state index in [1.165, 1.54) is 18.6 Å². The maximum absolute atomic E-state index is 12.1. The van der Waals surface area contributed by atoms with Gasteiger partial charge in [0.15, 0.2) is 0 Å². The number of hydrogen-bond donors (Lipinski definition) is 1.